The van der Waals surface area contributed by atoms with Crippen molar-refractivity contribution in [2.24, 2.45) is 0 Å². The van der Waals surface area contributed by atoms with Crippen molar-refractivity contribution in [1.29, 1.82) is 0 Å². The third-order valence-corrected chi connectivity index (χ3v) is 3.39. The minimum absolute atomic E-state index is 0.328. The van der Waals surface area contributed by atoms with E-state index in [1.165, 1.54) is 5.56 Å². The van der Waals surface area contributed by atoms with E-state index in [2.05, 4.69) is 42.6 Å². The van der Waals surface area contributed by atoms with Crippen molar-refractivity contribution in [3.05, 3.63) is 35.9 Å². The summed E-state index contributed by atoms with van der Waals surface area (Å²) in [5.41, 5.74) is 1.78. The summed E-state index contributed by atoms with van der Waals surface area (Å²) in [7, 11) is 0. The quantitative estimate of drug-likeness (QED) is 0.742. The Hall–Kier alpha value is -0.860. The van der Waals surface area contributed by atoms with Crippen LogP contribution >= 0.6 is 0 Å². The van der Waals surface area contributed by atoms with Crippen LogP contribution in [0, 0.1) is 0 Å². The molecule has 0 atom stereocenters. The third-order valence-electron chi connectivity index (χ3n) is 3.39. The summed E-state index contributed by atoms with van der Waals surface area (Å²) in [6.45, 7) is 6.10. The first-order chi connectivity index (χ1) is 7.87. The summed E-state index contributed by atoms with van der Waals surface area (Å²) in [6.07, 6.45) is 2.24. The molecule has 1 aliphatic heterocycles. The molecule has 0 saturated carbocycles. The fourth-order valence-corrected chi connectivity index (χ4v) is 2.26. The van der Waals surface area contributed by atoms with E-state index in [0.29, 0.717) is 5.41 Å². The first-order valence-electron chi connectivity index (χ1n) is 6.21. The average molecular weight is 219 g/mol. The summed E-state index contributed by atoms with van der Waals surface area (Å²) in [6, 6.07) is 10.8. The molecule has 88 valence electrons. The Morgan fingerprint density at radius 2 is 1.94 bits per heavy atom. The molecule has 16 heavy (non-hydrogen) atoms. The molecule has 0 aliphatic carbocycles. The van der Waals surface area contributed by atoms with Crippen molar-refractivity contribution in [2.45, 2.75) is 25.2 Å². The zero-order valence-corrected chi connectivity index (χ0v) is 10.0. The Bertz CT molecular complexity index is 306. The Balaban J connectivity index is 1.92. The van der Waals surface area contributed by atoms with Crippen molar-refractivity contribution in [3.63, 3.8) is 0 Å². The van der Waals surface area contributed by atoms with Crippen LogP contribution in [0.1, 0.15) is 25.3 Å². The molecule has 1 fully saturated rings. The molecular formula is C14H21NO. The molecule has 0 bridgehead atoms. The molecule has 2 heteroatoms. The van der Waals surface area contributed by atoms with Crippen molar-refractivity contribution in [1.82, 2.24) is 5.32 Å². The van der Waals surface area contributed by atoms with Crippen LogP contribution in [0.15, 0.2) is 30.3 Å². The van der Waals surface area contributed by atoms with Gasteiger partial charge in [0.15, 0.2) is 0 Å². The van der Waals surface area contributed by atoms with Gasteiger partial charge < -0.3 is 10.1 Å². The lowest BCUT2D eigenvalue weighted by Gasteiger charge is -2.43. The minimum atomic E-state index is 0.328. The predicted molar refractivity (Wildman–Crippen MR) is 66.7 cm³/mol. The van der Waals surface area contributed by atoms with Crippen molar-refractivity contribution < 1.29 is 4.74 Å². The fraction of sp³-hybridized carbons (Fsp3) is 0.571. The lowest BCUT2D eigenvalue weighted by atomic mass is 9.73. The molecule has 1 N–H and O–H groups in total. The molecule has 0 amide bonds. The molecule has 1 saturated heterocycles. The maximum Gasteiger partial charge on any atom is 0.0475 e. The number of hydrogen-bond donors (Lipinski definition) is 1. The van der Waals surface area contributed by atoms with Gasteiger partial charge in [0.2, 0.25) is 0 Å². The first kappa shape index (κ1) is 11.6. The molecule has 0 spiro atoms. The lowest BCUT2D eigenvalue weighted by molar-refractivity contribution is 0.0997. The van der Waals surface area contributed by atoms with Crippen LogP contribution in [0.4, 0.5) is 0 Å². The van der Waals surface area contributed by atoms with Gasteiger partial charge in [-0.3, -0.25) is 0 Å². The van der Waals surface area contributed by atoms with Gasteiger partial charge in [-0.15, -0.1) is 0 Å². The van der Waals surface area contributed by atoms with E-state index in [9.17, 15) is 0 Å². The highest BCUT2D eigenvalue weighted by molar-refractivity contribution is 5.29. The van der Waals surface area contributed by atoms with E-state index in [1.54, 1.807) is 0 Å². The second-order valence-electron chi connectivity index (χ2n) is 4.61. The van der Waals surface area contributed by atoms with Crippen LogP contribution in [0.25, 0.3) is 0 Å². The van der Waals surface area contributed by atoms with Gasteiger partial charge in [0.1, 0.15) is 0 Å². The number of rotatable bonds is 6. The highest BCUT2D eigenvalue weighted by atomic mass is 16.5. The summed E-state index contributed by atoms with van der Waals surface area (Å²) in [5, 5.41) is 3.39. The van der Waals surface area contributed by atoms with Gasteiger partial charge in [0, 0.05) is 31.7 Å². The fourth-order valence-electron chi connectivity index (χ4n) is 2.26. The Kier molecular flexibility index (Phi) is 3.97. The minimum Gasteiger partial charge on any atom is -0.381 e. The molecule has 2 rings (SSSR count). The van der Waals surface area contributed by atoms with Crippen LogP contribution in [0.3, 0.4) is 0 Å². The molecule has 1 heterocycles. The maximum atomic E-state index is 5.61. The summed E-state index contributed by atoms with van der Waals surface area (Å²) < 4.78 is 5.61. The van der Waals surface area contributed by atoms with Gasteiger partial charge in [0.25, 0.3) is 0 Å². The van der Waals surface area contributed by atoms with Gasteiger partial charge in [0.05, 0.1) is 0 Å². The van der Waals surface area contributed by atoms with Crippen LogP contribution in [-0.4, -0.2) is 26.3 Å². The maximum absolute atomic E-state index is 5.61. The van der Waals surface area contributed by atoms with Crippen LogP contribution in [-0.2, 0) is 10.2 Å². The summed E-state index contributed by atoms with van der Waals surface area (Å²) >= 11 is 0. The van der Waals surface area contributed by atoms with Crippen LogP contribution in [0.2, 0.25) is 0 Å². The van der Waals surface area contributed by atoms with Gasteiger partial charge in [-0.2, -0.15) is 0 Å². The van der Waals surface area contributed by atoms with Gasteiger partial charge in [-0.05, 0) is 18.4 Å². The lowest BCUT2D eigenvalue weighted by Crippen LogP contribution is -2.57. The Morgan fingerprint density at radius 1 is 1.19 bits per heavy atom. The van der Waals surface area contributed by atoms with E-state index >= 15 is 0 Å². The standard InChI is InChI=1S/C14H21NO/c1-2-9-16-10-8-14(11-15-12-14)13-6-4-3-5-7-13/h3-7,15H,2,8-12H2,1H3. The van der Waals surface area contributed by atoms with E-state index in [0.717, 1.165) is 39.1 Å². The Morgan fingerprint density at radius 3 is 2.50 bits per heavy atom. The second-order valence-corrected chi connectivity index (χ2v) is 4.61. The Labute approximate surface area is 98.0 Å². The predicted octanol–water partition coefficient (Wildman–Crippen LogP) is 2.34. The number of nitrogens with one attached hydrogen (secondary N) is 1. The highest BCUT2D eigenvalue weighted by Crippen LogP contribution is 2.31. The third kappa shape index (κ3) is 2.45. The van der Waals surface area contributed by atoms with Crippen molar-refractivity contribution in [2.75, 3.05) is 26.3 Å². The molecule has 0 unspecified atom stereocenters. The smallest absolute Gasteiger partial charge is 0.0475 e. The molecule has 1 aliphatic rings. The van der Waals surface area contributed by atoms with Crippen molar-refractivity contribution in [3.8, 4) is 0 Å². The number of benzene rings is 1. The molecule has 0 radical (unpaired) electrons. The molecular weight excluding hydrogens is 198 g/mol. The molecule has 1 aromatic rings. The molecule has 2 nitrogen and oxygen atoms in total. The highest BCUT2D eigenvalue weighted by Gasteiger charge is 2.37. The van der Waals surface area contributed by atoms with Gasteiger partial charge >= 0.3 is 0 Å². The summed E-state index contributed by atoms with van der Waals surface area (Å²) in [5.74, 6) is 0. The van der Waals surface area contributed by atoms with Crippen LogP contribution in [0.5, 0.6) is 0 Å². The average Bonchev–Trinajstić information content (AvgIpc) is 2.28. The SMILES string of the molecule is CCCOCCC1(c2ccccc2)CNC1. The molecule has 0 aromatic heterocycles. The topological polar surface area (TPSA) is 21.3 Å². The van der Waals surface area contributed by atoms with E-state index in [4.69, 9.17) is 4.74 Å². The van der Waals surface area contributed by atoms with Gasteiger partial charge in [-0.1, -0.05) is 37.3 Å². The van der Waals surface area contributed by atoms with E-state index in [-0.39, 0.29) is 0 Å². The van der Waals surface area contributed by atoms with Crippen LogP contribution < -0.4 is 5.32 Å². The number of hydrogen-bond acceptors (Lipinski definition) is 2. The summed E-state index contributed by atoms with van der Waals surface area (Å²) in [4.78, 5) is 0. The molecule has 1 aromatic carbocycles. The van der Waals surface area contributed by atoms with Gasteiger partial charge in [-0.25, -0.2) is 0 Å². The zero-order chi connectivity index (χ0) is 11.3. The zero-order valence-electron chi connectivity index (χ0n) is 10.0. The second kappa shape index (κ2) is 5.46. The normalized spacial score (nSPS) is 18.1. The monoisotopic (exact) mass is 219 g/mol. The largest absolute Gasteiger partial charge is 0.381 e. The number of ether oxygens (including phenoxy) is 1. The van der Waals surface area contributed by atoms with Crippen molar-refractivity contribution >= 4 is 0 Å². The van der Waals surface area contributed by atoms with E-state index in [1.807, 2.05) is 0 Å². The first-order valence-corrected chi connectivity index (χ1v) is 6.21. The van der Waals surface area contributed by atoms with E-state index < -0.39 is 0 Å².